The highest BCUT2D eigenvalue weighted by atomic mass is 35.5. The zero-order valence-electron chi connectivity index (χ0n) is 16.1. The van der Waals surface area contributed by atoms with E-state index in [-0.39, 0.29) is 10.8 Å². The standard InChI is InChI=1S/C22H21ClN2O3S/c1-15-3-10-20(11-4-15)29(27,28)25-21-12-7-18(13-16(21)2)22(26)24-14-17-5-8-19(23)9-6-17/h3-13,25H,14H2,1-2H3,(H,24,26). The predicted molar refractivity (Wildman–Crippen MR) is 116 cm³/mol. The molecule has 3 aromatic rings. The molecule has 0 unspecified atom stereocenters. The van der Waals surface area contributed by atoms with Gasteiger partial charge in [-0.15, -0.1) is 0 Å². The molecule has 0 heterocycles. The van der Waals surface area contributed by atoms with Gasteiger partial charge in [0.15, 0.2) is 0 Å². The second-order valence-electron chi connectivity index (χ2n) is 6.76. The molecule has 0 atom stereocenters. The maximum Gasteiger partial charge on any atom is 0.261 e. The molecule has 0 aromatic heterocycles. The van der Waals surface area contributed by atoms with Gasteiger partial charge in [-0.3, -0.25) is 9.52 Å². The Morgan fingerprint density at radius 1 is 0.931 bits per heavy atom. The monoisotopic (exact) mass is 428 g/mol. The average molecular weight is 429 g/mol. The molecular weight excluding hydrogens is 408 g/mol. The first-order valence-electron chi connectivity index (χ1n) is 8.97. The first kappa shape index (κ1) is 20.9. The molecule has 3 rings (SSSR count). The van der Waals surface area contributed by atoms with Crippen molar-refractivity contribution in [2.75, 3.05) is 4.72 Å². The van der Waals surface area contributed by atoms with Crippen molar-refractivity contribution in [2.24, 2.45) is 0 Å². The predicted octanol–water partition coefficient (Wildman–Crippen LogP) is 4.69. The molecule has 0 saturated heterocycles. The van der Waals surface area contributed by atoms with E-state index >= 15 is 0 Å². The molecule has 0 bridgehead atoms. The number of benzene rings is 3. The summed E-state index contributed by atoms with van der Waals surface area (Å²) >= 11 is 5.86. The number of amides is 1. The topological polar surface area (TPSA) is 75.3 Å². The Kier molecular flexibility index (Phi) is 6.25. The highest BCUT2D eigenvalue weighted by molar-refractivity contribution is 7.92. The minimum atomic E-state index is -3.70. The number of hydrogen-bond donors (Lipinski definition) is 2. The summed E-state index contributed by atoms with van der Waals surface area (Å²) in [6.07, 6.45) is 0. The molecule has 0 aliphatic heterocycles. The van der Waals surface area contributed by atoms with E-state index in [4.69, 9.17) is 11.6 Å². The minimum Gasteiger partial charge on any atom is -0.348 e. The van der Waals surface area contributed by atoms with Crippen LogP contribution in [0.3, 0.4) is 0 Å². The van der Waals surface area contributed by atoms with Gasteiger partial charge in [-0.25, -0.2) is 8.42 Å². The van der Waals surface area contributed by atoms with Crippen molar-refractivity contribution in [2.45, 2.75) is 25.3 Å². The molecule has 0 aliphatic carbocycles. The molecule has 0 spiro atoms. The van der Waals surface area contributed by atoms with Gasteiger partial charge in [0.25, 0.3) is 15.9 Å². The van der Waals surface area contributed by atoms with Gasteiger partial charge in [0.2, 0.25) is 0 Å². The second kappa shape index (κ2) is 8.68. The lowest BCUT2D eigenvalue weighted by Crippen LogP contribution is -2.23. The molecule has 2 N–H and O–H groups in total. The number of rotatable bonds is 6. The maximum absolute atomic E-state index is 12.6. The molecule has 0 radical (unpaired) electrons. The fraction of sp³-hybridized carbons (Fsp3) is 0.136. The Balaban J connectivity index is 1.70. The van der Waals surface area contributed by atoms with Crippen LogP contribution in [0, 0.1) is 13.8 Å². The van der Waals surface area contributed by atoms with E-state index < -0.39 is 10.0 Å². The van der Waals surface area contributed by atoms with Crippen molar-refractivity contribution >= 4 is 33.2 Å². The minimum absolute atomic E-state index is 0.187. The van der Waals surface area contributed by atoms with Gasteiger partial charge < -0.3 is 5.32 Å². The Morgan fingerprint density at radius 2 is 1.59 bits per heavy atom. The van der Waals surface area contributed by atoms with Gasteiger partial charge in [-0.2, -0.15) is 0 Å². The molecule has 3 aromatic carbocycles. The van der Waals surface area contributed by atoms with Gasteiger partial charge in [0.05, 0.1) is 10.6 Å². The number of carbonyl (C=O) groups is 1. The third-order valence-electron chi connectivity index (χ3n) is 4.43. The van der Waals surface area contributed by atoms with Gasteiger partial charge in [0, 0.05) is 17.1 Å². The van der Waals surface area contributed by atoms with Crippen LogP contribution in [-0.2, 0) is 16.6 Å². The Labute approximate surface area is 175 Å². The number of sulfonamides is 1. The van der Waals surface area contributed by atoms with Crippen molar-refractivity contribution in [1.29, 1.82) is 0 Å². The van der Waals surface area contributed by atoms with E-state index in [9.17, 15) is 13.2 Å². The smallest absolute Gasteiger partial charge is 0.261 e. The first-order chi connectivity index (χ1) is 13.7. The van der Waals surface area contributed by atoms with Crippen LogP contribution in [-0.4, -0.2) is 14.3 Å². The SMILES string of the molecule is Cc1ccc(S(=O)(=O)Nc2ccc(C(=O)NCc3ccc(Cl)cc3)cc2C)cc1. The Hall–Kier alpha value is -2.83. The lowest BCUT2D eigenvalue weighted by molar-refractivity contribution is 0.0951. The molecule has 0 aliphatic rings. The Bertz CT molecular complexity index is 1130. The molecule has 0 saturated carbocycles. The first-order valence-corrected chi connectivity index (χ1v) is 10.8. The van der Waals surface area contributed by atoms with Crippen LogP contribution in [0.1, 0.15) is 27.0 Å². The summed E-state index contributed by atoms with van der Waals surface area (Å²) in [6, 6.07) is 18.7. The molecule has 150 valence electrons. The van der Waals surface area contributed by atoms with Crippen LogP contribution < -0.4 is 10.0 Å². The van der Waals surface area contributed by atoms with Crippen molar-refractivity contribution in [3.05, 3.63) is 94.0 Å². The van der Waals surface area contributed by atoms with Crippen molar-refractivity contribution in [3.8, 4) is 0 Å². The van der Waals surface area contributed by atoms with E-state index in [1.807, 2.05) is 19.1 Å². The largest absolute Gasteiger partial charge is 0.348 e. The lowest BCUT2D eigenvalue weighted by atomic mass is 10.1. The van der Waals surface area contributed by atoms with E-state index in [0.29, 0.717) is 28.4 Å². The molecular formula is C22H21ClN2O3S. The van der Waals surface area contributed by atoms with Gasteiger partial charge in [-0.1, -0.05) is 41.4 Å². The third kappa shape index (κ3) is 5.37. The summed E-state index contributed by atoms with van der Waals surface area (Å²) < 4.78 is 27.7. The molecule has 29 heavy (non-hydrogen) atoms. The zero-order chi connectivity index (χ0) is 21.0. The average Bonchev–Trinajstić information content (AvgIpc) is 2.69. The highest BCUT2D eigenvalue weighted by Crippen LogP contribution is 2.21. The quantitative estimate of drug-likeness (QED) is 0.598. The van der Waals surface area contributed by atoms with Crippen LogP contribution in [0.4, 0.5) is 5.69 Å². The summed E-state index contributed by atoms with van der Waals surface area (Å²) in [5.74, 6) is -0.240. The summed E-state index contributed by atoms with van der Waals surface area (Å²) in [4.78, 5) is 12.6. The van der Waals surface area contributed by atoms with Crippen molar-refractivity contribution in [1.82, 2.24) is 5.32 Å². The van der Waals surface area contributed by atoms with E-state index in [2.05, 4.69) is 10.0 Å². The fourth-order valence-electron chi connectivity index (χ4n) is 2.73. The second-order valence-corrected chi connectivity index (χ2v) is 8.88. The molecule has 7 heteroatoms. The summed E-state index contributed by atoms with van der Waals surface area (Å²) in [7, 11) is -3.70. The number of halogens is 1. The number of aryl methyl sites for hydroxylation is 2. The van der Waals surface area contributed by atoms with Crippen LogP contribution >= 0.6 is 11.6 Å². The Morgan fingerprint density at radius 3 is 2.21 bits per heavy atom. The van der Waals surface area contributed by atoms with Crippen molar-refractivity contribution < 1.29 is 13.2 Å². The number of anilines is 1. The van der Waals surface area contributed by atoms with Gasteiger partial charge >= 0.3 is 0 Å². The highest BCUT2D eigenvalue weighted by Gasteiger charge is 2.16. The lowest BCUT2D eigenvalue weighted by Gasteiger charge is -2.12. The third-order valence-corrected chi connectivity index (χ3v) is 6.06. The maximum atomic E-state index is 12.6. The number of hydrogen-bond acceptors (Lipinski definition) is 3. The van der Waals surface area contributed by atoms with E-state index in [1.165, 1.54) is 0 Å². The molecule has 0 fully saturated rings. The van der Waals surface area contributed by atoms with E-state index in [0.717, 1.165) is 11.1 Å². The normalized spacial score (nSPS) is 11.1. The summed E-state index contributed by atoms with van der Waals surface area (Å²) in [5, 5.41) is 3.48. The zero-order valence-corrected chi connectivity index (χ0v) is 17.6. The molecule has 5 nitrogen and oxygen atoms in total. The van der Waals surface area contributed by atoms with Gasteiger partial charge in [-0.05, 0) is 67.4 Å². The van der Waals surface area contributed by atoms with E-state index in [1.54, 1.807) is 61.5 Å². The van der Waals surface area contributed by atoms with Crippen LogP contribution in [0.5, 0.6) is 0 Å². The van der Waals surface area contributed by atoms with Crippen LogP contribution in [0.2, 0.25) is 5.02 Å². The van der Waals surface area contributed by atoms with Crippen LogP contribution in [0.15, 0.2) is 71.6 Å². The fourth-order valence-corrected chi connectivity index (χ4v) is 3.98. The van der Waals surface area contributed by atoms with Gasteiger partial charge in [0.1, 0.15) is 0 Å². The summed E-state index contributed by atoms with van der Waals surface area (Å²) in [5.41, 5.74) is 3.45. The summed E-state index contributed by atoms with van der Waals surface area (Å²) in [6.45, 7) is 4.02. The van der Waals surface area contributed by atoms with Crippen molar-refractivity contribution in [3.63, 3.8) is 0 Å². The number of carbonyl (C=O) groups excluding carboxylic acids is 1. The van der Waals surface area contributed by atoms with Crippen LogP contribution in [0.25, 0.3) is 0 Å². The number of nitrogens with one attached hydrogen (secondary N) is 2. The molecule has 1 amide bonds.